The zero-order chi connectivity index (χ0) is 19.6. The number of likely N-dealkylation sites (tertiary alicyclic amines) is 1. The lowest BCUT2D eigenvalue weighted by atomic mass is 9.99. The first-order valence-corrected chi connectivity index (χ1v) is 10.3. The zero-order valence-corrected chi connectivity index (χ0v) is 16.5. The molecule has 2 atom stereocenters. The molecule has 28 heavy (non-hydrogen) atoms. The standard InChI is InChI=1S/C21H30FN3O3/c1-16-12-25(14-21(28-16)8-11-27-15-21)20(26)23-19-6-9-24(10-7-19)13-17-2-4-18(22)5-3-17/h2-5,16,19H,6-15H2,1H3,(H,23,26). The lowest BCUT2D eigenvalue weighted by molar-refractivity contribution is -0.137. The summed E-state index contributed by atoms with van der Waals surface area (Å²) < 4.78 is 24.7. The van der Waals surface area contributed by atoms with Crippen molar-refractivity contribution >= 4 is 6.03 Å². The van der Waals surface area contributed by atoms with Gasteiger partial charge in [-0.3, -0.25) is 4.90 Å². The van der Waals surface area contributed by atoms with E-state index in [-0.39, 0.29) is 29.6 Å². The SMILES string of the molecule is CC1CN(C(=O)NC2CCN(Cc3ccc(F)cc3)CC2)CC2(CCOC2)O1. The van der Waals surface area contributed by atoms with E-state index in [2.05, 4.69) is 10.2 Å². The van der Waals surface area contributed by atoms with Crippen molar-refractivity contribution in [1.29, 1.82) is 0 Å². The molecule has 1 spiro atoms. The molecule has 0 aromatic heterocycles. The molecule has 4 rings (SSSR count). The number of carbonyl (C=O) groups excluding carboxylic acids is 1. The second-order valence-corrected chi connectivity index (χ2v) is 8.42. The van der Waals surface area contributed by atoms with E-state index < -0.39 is 0 Å². The molecule has 7 heteroatoms. The van der Waals surface area contributed by atoms with Crippen LogP contribution in [0.3, 0.4) is 0 Å². The number of morpholine rings is 1. The molecule has 0 radical (unpaired) electrons. The molecule has 3 saturated heterocycles. The van der Waals surface area contributed by atoms with E-state index in [4.69, 9.17) is 9.47 Å². The van der Waals surface area contributed by atoms with Gasteiger partial charge in [0, 0.05) is 45.2 Å². The van der Waals surface area contributed by atoms with Crippen molar-refractivity contribution in [3.63, 3.8) is 0 Å². The lowest BCUT2D eigenvalue weighted by Gasteiger charge is -2.43. The van der Waals surface area contributed by atoms with Crippen molar-refractivity contribution < 1.29 is 18.7 Å². The number of carbonyl (C=O) groups is 1. The van der Waals surface area contributed by atoms with E-state index in [0.29, 0.717) is 26.3 Å². The number of nitrogens with zero attached hydrogens (tertiary/aromatic N) is 2. The van der Waals surface area contributed by atoms with Gasteiger partial charge in [0.05, 0.1) is 19.3 Å². The van der Waals surface area contributed by atoms with Gasteiger partial charge in [0.1, 0.15) is 11.4 Å². The number of ether oxygens (including phenoxy) is 2. The van der Waals surface area contributed by atoms with Crippen molar-refractivity contribution in [1.82, 2.24) is 15.1 Å². The molecule has 3 aliphatic rings. The molecule has 3 heterocycles. The molecule has 1 aromatic carbocycles. The number of nitrogens with one attached hydrogen (secondary N) is 1. The fourth-order valence-electron chi connectivity index (χ4n) is 4.53. The van der Waals surface area contributed by atoms with E-state index in [1.165, 1.54) is 12.1 Å². The van der Waals surface area contributed by atoms with Gasteiger partial charge in [0.25, 0.3) is 0 Å². The van der Waals surface area contributed by atoms with Crippen LogP contribution in [0.5, 0.6) is 0 Å². The van der Waals surface area contributed by atoms with E-state index in [0.717, 1.165) is 44.5 Å². The third-order valence-corrected chi connectivity index (χ3v) is 6.00. The normalized spacial score (nSPS) is 29.4. The Labute approximate surface area is 166 Å². The van der Waals surface area contributed by atoms with Gasteiger partial charge in [-0.2, -0.15) is 0 Å². The fraction of sp³-hybridized carbons (Fsp3) is 0.667. The summed E-state index contributed by atoms with van der Waals surface area (Å²) in [6, 6.07) is 6.91. The van der Waals surface area contributed by atoms with Gasteiger partial charge in [-0.15, -0.1) is 0 Å². The highest BCUT2D eigenvalue weighted by Gasteiger charge is 2.44. The quantitative estimate of drug-likeness (QED) is 0.860. The minimum absolute atomic E-state index is 0.0124. The van der Waals surface area contributed by atoms with Crippen LogP contribution >= 0.6 is 0 Å². The lowest BCUT2D eigenvalue weighted by Crippen LogP contribution is -2.60. The first-order valence-electron chi connectivity index (χ1n) is 10.3. The second-order valence-electron chi connectivity index (χ2n) is 8.42. The van der Waals surface area contributed by atoms with E-state index in [1.807, 2.05) is 24.0 Å². The Morgan fingerprint density at radius 3 is 2.71 bits per heavy atom. The molecular formula is C21H30FN3O3. The molecule has 154 valence electrons. The number of hydrogen-bond donors (Lipinski definition) is 1. The van der Waals surface area contributed by atoms with Crippen LogP contribution in [0.1, 0.15) is 31.7 Å². The van der Waals surface area contributed by atoms with Gasteiger partial charge < -0.3 is 19.7 Å². The summed E-state index contributed by atoms with van der Waals surface area (Å²) in [6.45, 7) is 7.21. The predicted octanol–water partition coefficient (Wildman–Crippen LogP) is 2.38. The van der Waals surface area contributed by atoms with Crippen LogP contribution in [0.25, 0.3) is 0 Å². The Morgan fingerprint density at radius 2 is 2.04 bits per heavy atom. The molecule has 0 bridgehead atoms. The molecule has 1 aromatic rings. The number of halogens is 1. The van der Waals surface area contributed by atoms with Gasteiger partial charge in [-0.05, 0) is 37.5 Å². The highest BCUT2D eigenvalue weighted by molar-refractivity contribution is 5.74. The molecular weight excluding hydrogens is 361 g/mol. The Morgan fingerprint density at radius 1 is 1.29 bits per heavy atom. The highest BCUT2D eigenvalue weighted by Crippen LogP contribution is 2.30. The van der Waals surface area contributed by atoms with Crippen molar-refractivity contribution in [2.75, 3.05) is 39.4 Å². The van der Waals surface area contributed by atoms with Crippen LogP contribution in [0, 0.1) is 5.82 Å². The summed E-state index contributed by atoms with van der Waals surface area (Å²) in [5, 5.41) is 3.22. The molecule has 2 unspecified atom stereocenters. The fourth-order valence-corrected chi connectivity index (χ4v) is 4.53. The van der Waals surface area contributed by atoms with Crippen molar-refractivity contribution in [2.24, 2.45) is 0 Å². The van der Waals surface area contributed by atoms with Crippen LogP contribution in [0.15, 0.2) is 24.3 Å². The first-order chi connectivity index (χ1) is 13.5. The average molecular weight is 391 g/mol. The molecule has 3 fully saturated rings. The molecule has 0 aliphatic carbocycles. The Balaban J connectivity index is 1.25. The number of benzene rings is 1. The minimum Gasteiger partial charge on any atom is -0.378 e. The van der Waals surface area contributed by atoms with Crippen LogP contribution in [0.4, 0.5) is 9.18 Å². The van der Waals surface area contributed by atoms with Gasteiger partial charge in [0.15, 0.2) is 0 Å². The number of hydrogen-bond acceptors (Lipinski definition) is 4. The van der Waals surface area contributed by atoms with Crippen LogP contribution < -0.4 is 5.32 Å². The van der Waals surface area contributed by atoms with Gasteiger partial charge in [-0.1, -0.05) is 12.1 Å². The van der Waals surface area contributed by atoms with Gasteiger partial charge >= 0.3 is 6.03 Å². The molecule has 1 N–H and O–H groups in total. The number of piperidine rings is 1. The Bertz CT molecular complexity index is 670. The maximum absolute atomic E-state index is 13.0. The minimum atomic E-state index is -0.326. The maximum Gasteiger partial charge on any atom is 0.317 e. The largest absolute Gasteiger partial charge is 0.378 e. The number of urea groups is 1. The van der Waals surface area contributed by atoms with E-state index in [9.17, 15) is 9.18 Å². The topological polar surface area (TPSA) is 54.0 Å². The predicted molar refractivity (Wildman–Crippen MR) is 104 cm³/mol. The first kappa shape index (κ1) is 19.6. The van der Waals surface area contributed by atoms with Crippen LogP contribution in [0.2, 0.25) is 0 Å². The summed E-state index contributed by atoms with van der Waals surface area (Å²) in [6.07, 6.45) is 2.74. The van der Waals surface area contributed by atoms with Gasteiger partial charge in [0.2, 0.25) is 0 Å². The van der Waals surface area contributed by atoms with Gasteiger partial charge in [-0.25, -0.2) is 9.18 Å². The smallest absolute Gasteiger partial charge is 0.317 e. The Kier molecular flexibility index (Phi) is 5.85. The van der Waals surface area contributed by atoms with Crippen LogP contribution in [-0.4, -0.2) is 73.0 Å². The Hall–Kier alpha value is -1.70. The molecule has 2 amide bonds. The summed E-state index contributed by atoms with van der Waals surface area (Å²) in [5.41, 5.74) is 0.795. The molecule has 3 aliphatic heterocycles. The summed E-state index contributed by atoms with van der Waals surface area (Å²) >= 11 is 0. The van der Waals surface area contributed by atoms with E-state index in [1.54, 1.807) is 0 Å². The molecule has 6 nitrogen and oxygen atoms in total. The highest BCUT2D eigenvalue weighted by atomic mass is 19.1. The number of amides is 2. The monoisotopic (exact) mass is 391 g/mol. The molecule has 0 saturated carbocycles. The summed E-state index contributed by atoms with van der Waals surface area (Å²) in [5.74, 6) is -0.200. The van der Waals surface area contributed by atoms with Crippen LogP contribution in [-0.2, 0) is 16.0 Å². The van der Waals surface area contributed by atoms with Crippen molar-refractivity contribution in [2.45, 2.75) is 50.5 Å². The van der Waals surface area contributed by atoms with Crippen molar-refractivity contribution in [3.8, 4) is 0 Å². The zero-order valence-electron chi connectivity index (χ0n) is 16.5. The third kappa shape index (κ3) is 4.64. The second kappa shape index (κ2) is 8.35. The summed E-state index contributed by atoms with van der Waals surface area (Å²) in [4.78, 5) is 17.1. The number of rotatable bonds is 3. The maximum atomic E-state index is 13.0. The van der Waals surface area contributed by atoms with E-state index >= 15 is 0 Å². The third-order valence-electron chi connectivity index (χ3n) is 6.00. The summed E-state index contributed by atoms with van der Waals surface area (Å²) in [7, 11) is 0. The average Bonchev–Trinajstić information content (AvgIpc) is 3.11. The van der Waals surface area contributed by atoms with Crippen molar-refractivity contribution in [3.05, 3.63) is 35.6 Å².